The number of imidazole rings is 1. The first-order valence-corrected chi connectivity index (χ1v) is 5.48. The third-order valence-electron chi connectivity index (χ3n) is 2.90. The zero-order valence-corrected chi connectivity index (χ0v) is 9.09. The number of ether oxygens (including phenoxy) is 1. The zero-order valence-electron chi connectivity index (χ0n) is 9.09. The lowest BCUT2D eigenvalue weighted by atomic mass is 10.3. The molecular formula is C10H12N4O3. The van der Waals surface area contributed by atoms with Crippen LogP contribution in [0.4, 0.5) is 0 Å². The summed E-state index contributed by atoms with van der Waals surface area (Å²) in [6.07, 6.45) is 2.75. The predicted molar refractivity (Wildman–Crippen MR) is 58.3 cm³/mol. The van der Waals surface area contributed by atoms with Gasteiger partial charge in [-0.25, -0.2) is 9.97 Å². The fraction of sp³-hybridized carbons (Fsp3) is 0.500. The highest BCUT2D eigenvalue weighted by Gasteiger charge is 2.23. The summed E-state index contributed by atoms with van der Waals surface area (Å²) >= 11 is 0. The van der Waals surface area contributed by atoms with Crippen molar-refractivity contribution in [2.24, 2.45) is 0 Å². The van der Waals surface area contributed by atoms with Gasteiger partial charge in [-0.15, -0.1) is 0 Å². The highest BCUT2D eigenvalue weighted by atomic mass is 16.5. The normalized spacial score (nSPS) is 20.2. The average molecular weight is 236 g/mol. The molecule has 1 aliphatic heterocycles. The third-order valence-corrected chi connectivity index (χ3v) is 2.90. The molecule has 17 heavy (non-hydrogen) atoms. The second-order valence-corrected chi connectivity index (χ2v) is 3.93. The van der Waals surface area contributed by atoms with Crippen LogP contribution >= 0.6 is 0 Å². The van der Waals surface area contributed by atoms with Crippen LogP contribution in [0.5, 0.6) is 0 Å². The summed E-state index contributed by atoms with van der Waals surface area (Å²) in [7, 11) is 0. The van der Waals surface area contributed by atoms with Crippen molar-refractivity contribution in [3.8, 4) is 0 Å². The van der Waals surface area contributed by atoms with Crippen molar-refractivity contribution < 1.29 is 9.84 Å². The second kappa shape index (κ2) is 3.94. The van der Waals surface area contributed by atoms with Crippen molar-refractivity contribution in [2.45, 2.75) is 25.7 Å². The van der Waals surface area contributed by atoms with Crippen LogP contribution in [0.25, 0.3) is 11.2 Å². The molecule has 0 radical (unpaired) electrons. The fourth-order valence-electron chi connectivity index (χ4n) is 2.12. The number of H-pyrrole nitrogens is 1. The van der Waals surface area contributed by atoms with E-state index in [0.717, 1.165) is 12.8 Å². The maximum Gasteiger partial charge on any atom is 0.281 e. The second-order valence-electron chi connectivity index (χ2n) is 3.93. The van der Waals surface area contributed by atoms with E-state index in [1.54, 1.807) is 0 Å². The van der Waals surface area contributed by atoms with Gasteiger partial charge in [-0.3, -0.25) is 9.36 Å². The van der Waals surface area contributed by atoms with E-state index in [9.17, 15) is 9.90 Å². The van der Waals surface area contributed by atoms with E-state index in [4.69, 9.17) is 4.74 Å². The summed E-state index contributed by atoms with van der Waals surface area (Å²) in [6, 6.07) is 0. The largest absolute Gasteiger partial charge is 0.388 e. The topological polar surface area (TPSA) is 93.0 Å². The number of hydrogen-bond acceptors (Lipinski definition) is 5. The summed E-state index contributed by atoms with van der Waals surface area (Å²) in [5.41, 5.74) is 0.425. The van der Waals surface area contributed by atoms with Gasteiger partial charge in [-0.2, -0.15) is 0 Å². The molecule has 1 saturated heterocycles. The van der Waals surface area contributed by atoms with Crippen molar-refractivity contribution >= 4 is 11.2 Å². The van der Waals surface area contributed by atoms with Gasteiger partial charge in [0.1, 0.15) is 18.7 Å². The number of aromatic nitrogens is 4. The minimum atomic E-state index is -0.329. The first kappa shape index (κ1) is 10.4. The Balaban J connectivity index is 2.26. The van der Waals surface area contributed by atoms with Crippen LogP contribution in [0.1, 0.15) is 24.9 Å². The average Bonchev–Trinajstić information content (AvgIpc) is 2.98. The monoisotopic (exact) mass is 236 g/mol. The van der Waals surface area contributed by atoms with Crippen LogP contribution in [0.15, 0.2) is 11.1 Å². The first-order chi connectivity index (χ1) is 8.31. The number of fused-ring (bicyclic) bond motifs is 1. The standard InChI is InChI=1S/C10H12N4O3/c15-4-6-13-9-8(11-5-12-9)10(16)14(6)7-2-1-3-17-7/h5,7,15H,1-4H2,(H,11,12). The van der Waals surface area contributed by atoms with E-state index in [1.807, 2.05) is 0 Å². The van der Waals surface area contributed by atoms with Gasteiger partial charge in [0.25, 0.3) is 5.56 Å². The summed E-state index contributed by atoms with van der Waals surface area (Å²) in [5.74, 6) is 0.293. The number of aliphatic hydroxyl groups is 1. The van der Waals surface area contributed by atoms with Crippen molar-refractivity contribution in [1.29, 1.82) is 0 Å². The van der Waals surface area contributed by atoms with Gasteiger partial charge >= 0.3 is 0 Å². The minimum Gasteiger partial charge on any atom is -0.388 e. The zero-order chi connectivity index (χ0) is 11.8. The lowest BCUT2D eigenvalue weighted by Crippen LogP contribution is -2.29. The van der Waals surface area contributed by atoms with Gasteiger partial charge < -0.3 is 14.8 Å². The number of hydrogen-bond donors (Lipinski definition) is 2. The van der Waals surface area contributed by atoms with Gasteiger partial charge in [0.15, 0.2) is 11.2 Å². The number of nitrogens with one attached hydrogen (secondary N) is 1. The van der Waals surface area contributed by atoms with Crippen LogP contribution in [-0.2, 0) is 11.3 Å². The van der Waals surface area contributed by atoms with Gasteiger partial charge in [0.05, 0.1) is 6.33 Å². The molecule has 7 heteroatoms. The van der Waals surface area contributed by atoms with E-state index in [2.05, 4.69) is 15.0 Å². The van der Waals surface area contributed by atoms with E-state index in [-0.39, 0.29) is 18.4 Å². The van der Waals surface area contributed by atoms with Crippen molar-refractivity contribution in [3.05, 3.63) is 22.5 Å². The number of aromatic amines is 1. The Morgan fingerprint density at radius 3 is 3.24 bits per heavy atom. The Morgan fingerprint density at radius 2 is 2.53 bits per heavy atom. The van der Waals surface area contributed by atoms with Crippen LogP contribution in [-0.4, -0.2) is 31.2 Å². The molecule has 1 fully saturated rings. The highest BCUT2D eigenvalue weighted by Crippen LogP contribution is 2.22. The molecule has 90 valence electrons. The van der Waals surface area contributed by atoms with Crippen LogP contribution in [0.3, 0.4) is 0 Å². The quantitative estimate of drug-likeness (QED) is 0.760. The minimum absolute atomic E-state index is 0.247. The SMILES string of the molecule is O=c1c2[nH]cnc2nc(CO)n1C1CCCO1. The maximum atomic E-state index is 12.2. The van der Waals surface area contributed by atoms with Gasteiger partial charge in [-0.05, 0) is 12.8 Å². The van der Waals surface area contributed by atoms with E-state index in [1.165, 1.54) is 10.9 Å². The van der Waals surface area contributed by atoms with Gasteiger partial charge in [0, 0.05) is 6.61 Å². The number of aliphatic hydroxyl groups excluding tert-OH is 1. The molecule has 0 aromatic carbocycles. The smallest absolute Gasteiger partial charge is 0.281 e. The molecule has 3 rings (SSSR count). The van der Waals surface area contributed by atoms with Crippen molar-refractivity contribution in [1.82, 2.24) is 19.5 Å². The van der Waals surface area contributed by atoms with E-state index >= 15 is 0 Å². The first-order valence-electron chi connectivity index (χ1n) is 5.48. The Morgan fingerprint density at radius 1 is 1.65 bits per heavy atom. The van der Waals surface area contributed by atoms with Crippen LogP contribution in [0, 0.1) is 0 Å². The lowest BCUT2D eigenvalue weighted by molar-refractivity contribution is 0.0474. The third kappa shape index (κ3) is 1.55. The molecule has 1 atom stereocenters. The molecule has 0 aliphatic carbocycles. The Hall–Kier alpha value is -1.73. The van der Waals surface area contributed by atoms with Crippen molar-refractivity contribution in [2.75, 3.05) is 6.61 Å². The molecule has 0 amide bonds. The molecule has 1 aliphatic rings. The van der Waals surface area contributed by atoms with Gasteiger partial charge in [0.2, 0.25) is 0 Å². The van der Waals surface area contributed by atoms with Gasteiger partial charge in [-0.1, -0.05) is 0 Å². The Kier molecular flexibility index (Phi) is 2.41. The number of nitrogens with zero attached hydrogens (tertiary/aromatic N) is 3. The fourth-order valence-corrected chi connectivity index (χ4v) is 2.12. The summed E-state index contributed by atoms with van der Waals surface area (Å²) in [4.78, 5) is 23.0. The molecule has 0 saturated carbocycles. The molecule has 2 aromatic rings. The van der Waals surface area contributed by atoms with Crippen LogP contribution < -0.4 is 5.56 Å². The molecule has 1 unspecified atom stereocenters. The summed E-state index contributed by atoms with van der Waals surface area (Å²) < 4.78 is 6.88. The molecule has 0 bridgehead atoms. The maximum absolute atomic E-state index is 12.2. The summed E-state index contributed by atoms with van der Waals surface area (Å²) in [5, 5.41) is 9.28. The van der Waals surface area contributed by atoms with Crippen LogP contribution in [0.2, 0.25) is 0 Å². The molecule has 2 aromatic heterocycles. The molecule has 7 nitrogen and oxygen atoms in total. The molecule has 2 N–H and O–H groups in total. The summed E-state index contributed by atoms with van der Waals surface area (Å²) in [6.45, 7) is 0.320. The highest BCUT2D eigenvalue weighted by molar-refractivity contribution is 5.68. The molecule has 0 spiro atoms. The Bertz CT molecular complexity index is 597. The van der Waals surface area contributed by atoms with Crippen molar-refractivity contribution in [3.63, 3.8) is 0 Å². The number of rotatable bonds is 2. The Labute approximate surface area is 96.1 Å². The molecule has 3 heterocycles. The predicted octanol–water partition coefficient (Wildman–Crippen LogP) is -0.0791. The molecular weight excluding hydrogens is 224 g/mol. The lowest BCUT2D eigenvalue weighted by Gasteiger charge is -2.16. The van der Waals surface area contributed by atoms with E-state index < -0.39 is 0 Å². The van der Waals surface area contributed by atoms with E-state index in [0.29, 0.717) is 23.6 Å².